The van der Waals surface area contributed by atoms with Gasteiger partial charge in [0.25, 0.3) is 0 Å². The van der Waals surface area contributed by atoms with Gasteiger partial charge in [-0.05, 0) is 6.16 Å². The molecule has 0 saturated heterocycles. The van der Waals surface area contributed by atoms with Crippen LogP contribution in [0.1, 0.15) is 6.92 Å². The van der Waals surface area contributed by atoms with Gasteiger partial charge in [0.15, 0.2) is 0 Å². The van der Waals surface area contributed by atoms with E-state index in [0.717, 1.165) is 6.16 Å². The van der Waals surface area contributed by atoms with Crippen LogP contribution in [0.2, 0.25) is 0 Å². The Balaban J connectivity index is -0.000000107. The Hall–Kier alpha value is 1.77. The summed E-state index contributed by atoms with van der Waals surface area (Å²) in [5.74, 6) is 0. The van der Waals surface area contributed by atoms with Gasteiger partial charge in [0.1, 0.15) is 0 Å². The number of hydrogen-bond acceptors (Lipinski definition) is 2. The van der Waals surface area contributed by atoms with Gasteiger partial charge in [0, 0.05) is 0 Å². The summed E-state index contributed by atoms with van der Waals surface area (Å²) in [5, 5.41) is 0. The zero-order valence-corrected chi connectivity index (χ0v) is 8.44. The summed E-state index contributed by atoms with van der Waals surface area (Å²) in [6, 6.07) is 0. The molecule has 0 amide bonds. The van der Waals surface area contributed by atoms with Crippen LogP contribution in [0.15, 0.2) is 0 Å². The van der Waals surface area contributed by atoms with Crippen molar-refractivity contribution >= 4 is 53.8 Å². The van der Waals surface area contributed by atoms with E-state index in [1.807, 2.05) is 6.92 Å². The van der Waals surface area contributed by atoms with Crippen LogP contribution in [0.3, 0.4) is 0 Å². The molecule has 9 heteroatoms. The van der Waals surface area contributed by atoms with Crippen molar-refractivity contribution in [1.29, 1.82) is 0 Å². The Morgan fingerprint density at radius 3 is 1.55 bits per heavy atom. The van der Waals surface area contributed by atoms with Crippen LogP contribution in [0.25, 0.3) is 0 Å². The van der Waals surface area contributed by atoms with Crippen LogP contribution in [0.4, 0.5) is 0 Å². The molecule has 0 aromatic carbocycles. The van der Waals surface area contributed by atoms with E-state index in [9.17, 15) is 4.57 Å². The quantitative estimate of drug-likeness (QED) is 0.429. The number of phosphoric acid groups is 1. The normalized spacial score (nSPS) is 12.1. The first-order valence-electron chi connectivity index (χ1n) is 2.34. The van der Waals surface area contributed by atoms with Gasteiger partial charge in [0.2, 0.25) is 0 Å². The Morgan fingerprint density at radius 2 is 1.55 bits per heavy atom. The molecule has 0 spiro atoms. The van der Waals surface area contributed by atoms with Crippen molar-refractivity contribution in [3.05, 3.63) is 0 Å². The molecular weight excluding hydrogens is 220 g/mol. The molecule has 0 radical (unpaired) electrons. The first-order valence-corrected chi connectivity index (χ1v) is 7.33. The van der Waals surface area contributed by atoms with E-state index in [4.69, 9.17) is 19.2 Å². The Bertz CT molecular complexity index is 134. The molecule has 0 fully saturated rings. The van der Waals surface area contributed by atoms with Crippen LogP contribution in [-0.2, 0) is 9.13 Å². The zero-order valence-electron chi connectivity index (χ0n) is 5.39. The zero-order chi connectivity index (χ0) is 8.78. The fourth-order valence-electron chi connectivity index (χ4n) is 0. The second-order valence-corrected chi connectivity index (χ2v) is 5.93. The Morgan fingerprint density at radius 1 is 1.45 bits per heavy atom. The van der Waals surface area contributed by atoms with Gasteiger partial charge >= 0.3 is 37.4 Å². The van der Waals surface area contributed by atoms with Crippen molar-refractivity contribution in [2.45, 2.75) is 6.92 Å². The van der Waals surface area contributed by atoms with Gasteiger partial charge in [-0.25, -0.2) is 4.57 Å². The molecule has 0 aromatic rings. The summed E-state index contributed by atoms with van der Waals surface area (Å²) < 4.78 is 18.8. The standard InChI is InChI=1S/C2H8OP2.Na.H3O4P.H/c1-2-5(3)4;;1-5(2,3)4;/h5H,2,4H2,1H3;;(H3,1,2,3,4);. The van der Waals surface area contributed by atoms with Crippen molar-refractivity contribution in [3.8, 4) is 0 Å². The molecule has 0 bridgehead atoms. The molecule has 0 aromatic heterocycles. The Kier molecular flexibility index (Phi) is 16.6. The fraction of sp³-hybridized carbons (Fsp3) is 1.00. The van der Waals surface area contributed by atoms with E-state index in [0.29, 0.717) is 0 Å². The summed E-state index contributed by atoms with van der Waals surface area (Å²) in [6.45, 7) is 1.91. The van der Waals surface area contributed by atoms with Crippen molar-refractivity contribution in [2.75, 3.05) is 6.16 Å². The van der Waals surface area contributed by atoms with Crippen LogP contribution in [0, 0.1) is 0 Å². The summed E-state index contributed by atoms with van der Waals surface area (Å²) in [7, 11) is -3.57. The summed E-state index contributed by atoms with van der Waals surface area (Å²) in [4.78, 5) is 21.6. The van der Waals surface area contributed by atoms with Crippen LogP contribution >= 0.6 is 24.2 Å². The molecule has 5 nitrogen and oxygen atoms in total. The average molecular weight is 232 g/mol. The van der Waals surface area contributed by atoms with E-state index in [2.05, 4.69) is 8.93 Å². The van der Waals surface area contributed by atoms with E-state index in [-0.39, 0.29) is 29.6 Å². The molecule has 3 N–H and O–H groups in total. The van der Waals surface area contributed by atoms with Gasteiger partial charge in [-0.15, -0.1) is 0 Å². The van der Waals surface area contributed by atoms with Gasteiger partial charge in [-0.3, -0.25) is 0 Å². The molecule has 2 unspecified atom stereocenters. The summed E-state index contributed by atoms with van der Waals surface area (Å²) in [6.07, 6.45) is 0.815. The summed E-state index contributed by atoms with van der Waals surface area (Å²) >= 11 is 0. The van der Waals surface area contributed by atoms with Crippen molar-refractivity contribution in [3.63, 3.8) is 0 Å². The minimum atomic E-state index is -4.64. The SMILES string of the molecule is CC[PH](=O)P.O=P(O)(O)O.[NaH]. The van der Waals surface area contributed by atoms with Crippen LogP contribution in [0.5, 0.6) is 0 Å². The molecule has 2 atom stereocenters. The third kappa shape index (κ3) is 79.0. The molecule has 11 heavy (non-hydrogen) atoms. The first kappa shape index (κ1) is 18.5. The number of hydrogen-bond donors (Lipinski definition) is 3. The van der Waals surface area contributed by atoms with Crippen molar-refractivity contribution in [1.82, 2.24) is 0 Å². The third-order valence-electron chi connectivity index (χ3n) is 0.348. The third-order valence-corrected chi connectivity index (χ3v) is 2.27. The minimum absolute atomic E-state index is 0. The van der Waals surface area contributed by atoms with E-state index in [1.165, 1.54) is 0 Å². The predicted molar refractivity (Wildman–Crippen MR) is 50.7 cm³/mol. The second-order valence-electron chi connectivity index (χ2n) is 1.33. The molecular formula is C2H12NaO5P3. The van der Waals surface area contributed by atoms with Gasteiger partial charge < -0.3 is 19.2 Å². The average Bonchev–Trinajstić information content (AvgIpc) is 1.61. The molecule has 0 heterocycles. The molecule has 0 saturated carbocycles. The topological polar surface area (TPSA) is 94.8 Å². The molecule has 0 aliphatic heterocycles. The van der Waals surface area contributed by atoms with Crippen molar-refractivity contribution in [2.24, 2.45) is 0 Å². The second kappa shape index (κ2) is 9.85. The van der Waals surface area contributed by atoms with E-state index >= 15 is 0 Å². The predicted octanol–water partition coefficient (Wildman–Crippen LogP) is -0.221. The maximum atomic E-state index is 9.96. The fourth-order valence-corrected chi connectivity index (χ4v) is 0. The van der Waals surface area contributed by atoms with E-state index < -0.39 is 15.3 Å². The van der Waals surface area contributed by atoms with Crippen LogP contribution < -0.4 is 0 Å². The van der Waals surface area contributed by atoms with Crippen LogP contribution in [-0.4, -0.2) is 50.4 Å². The first-order chi connectivity index (χ1) is 4.27. The van der Waals surface area contributed by atoms with E-state index in [1.54, 1.807) is 0 Å². The Labute approximate surface area is 90.4 Å². The summed E-state index contributed by atoms with van der Waals surface area (Å²) in [5.41, 5.74) is 0. The number of rotatable bonds is 1. The van der Waals surface area contributed by atoms with Gasteiger partial charge in [-0.2, -0.15) is 0 Å². The van der Waals surface area contributed by atoms with Crippen molar-refractivity contribution < 1.29 is 23.8 Å². The molecule has 0 aliphatic rings. The maximum absolute atomic E-state index is 9.96. The monoisotopic (exact) mass is 232 g/mol. The molecule has 66 valence electrons. The van der Waals surface area contributed by atoms with Gasteiger partial charge in [0.05, 0.1) is 7.49 Å². The van der Waals surface area contributed by atoms with Gasteiger partial charge in [-0.1, -0.05) is 15.9 Å². The molecule has 0 rings (SSSR count). The molecule has 0 aliphatic carbocycles.